The van der Waals surface area contributed by atoms with E-state index in [1.807, 2.05) is 6.08 Å². The van der Waals surface area contributed by atoms with E-state index in [4.69, 9.17) is 0 Å². The van der Waals surface area contributed by atoms with Gasteiger partial charge in [-0.3, -0.25) is 0 Å². The van der Waals surface area contributed by atoms with Gasteiger partial charge in [0, 0.05) is 0 Å². The Morgan fingerprint density at radius 3 is 1.33 bits per heavy atom. The van der Waals surface area contributed by atoms with Gasteiger partial charge in [-0.1, -0.05) is 30.4 Å². The Bertz CT molecular complexity index is 312. The van der Waals surface area contributed by atoms with Gasteiger partial charge in [0.2, 0.25) is 0 Å². The summed E-state index contributed by atoms with van der Waals surface area (Å²) < 4.78 is 1.10. The maximum atomic E-state index is 3.75. The summed E-state index contributed by atoms with van der Waals surface area (Å²) in [6.07, 6.45) is 27.0. The van der Waals surface area contributed by atoms with Gasteiger partial charge in [0.15, 0.2) is 0 Å². The number of unbranched alkanes of at least 4 members (excludes halogenated alkanes) is 9. The van der Waals surface area contributed by atoms with E-state index in [2.05, 4.69) is 52.0 Å². The predicted octanol–water partition coefficient (Wildman–Crippen LogP) is 3.68. The van der Waals surface area contributed by atoms with Crippen molar-refractivity contribution in [1.29, 1.82) is 0 Å². The van der Waals surface area contributed by atoms with Gasteiger partial charge < -0.3 is 28.5 Å². The van der Waals surface area contributed by atoms with E-state index in [1.165, 1.54) is 77.2 Å². The van der Waals surface area contributed by atoms with E-state index in [0.29, 0.717) is 0 Å². The molecule has 1 nitrogen and oxygen atoms in total. The largest absolute Gasteiger partial charge is 1.00 e. The molecule has 0 radical (unpaired) electrons. The second kappa shape index (κ2) is 19.2. The van der Waals surface area contributed by atoms with Gasteiger partial charge in [-0.25, -0.2) is 0 Å². The first-order chi connectivity index (χ1) is 11.1. The van der Waals surface area contributed by atoms with Crippen LogP contribution in [-0.4, -0.2) is 32.2 Å². The Labute approximate surface area is 169 Å². The van der Waals surface area contributed by atoms with Crippen molar-refractivity contribution in [3.8, 4) is 0 Å². The molecule has 0 rings (SSSR count). The maximum Gasteiger partial charge on any atom is 0.0780 e. The molecule has 0 saturated heterocycles. The van der Waals surface area contributed by atoms with E-state index in [0.717, 1.165) is 10.9 Å². The number of hydrogen-bond donors (Lipinski definition) is 0. The average Bonchev–Trinajstić information content (AvgIpc) is 2.49. The van der Waals surface area contributed by atoms with Crippen molar-refractivity contribution in [3.63, 3.8) is 0 Å². The van der Waals surface area contributed by atoms with Crippen molar-refractivity contribution in [2.45, 2.75) is 77.0 Å². The van der Waals surface area contributed by atoms with Crippen LogP contribution in [0.3, 0.4) is 0 Å². The van der Waals surface area contributed by atoms with Gasteiger partial charge in [-0.05, 0) is 77.0 Å². The van der Waals surface area contributed by atoms with Crippen LogP contribution in [-0.2, 0) is 0 Å². The second-order valence-corrected chi connectivity index (χ2v) is 7.66. The summed E-state index contributed by atoms with van der Waals surface area (Å²) in [5.74, 6) is 0. The summed E-state index contributed by atoms with van der Waals surface area (Å²) in [7, 11) is 6.83. The summed E-state index contributed by atoms with van der Waals surface area (Å²) >= 11 is 0. The Morgan fingerprint density at radius 2 is 0.958 bits per heavy atom. The van der Waals surface area contributed by atoms with Crippen LogP contribution in [0.5, 0.6) is 0 Å². The van der Waals surface area contributed by atoms with Crippen LogP contribution in [0.4, 0.5) is 0 Å². The molecule has 0 fully saturated rings. The lowest BCUT2D eigenvalue weighted by atomic mass is 10.1. The van der Waals surface area contributed by atoms with Crippen molar-refractivity contribution in [1.82, 2.24) is 0 Å². The second-order valence-electron chi connectivity index (χ2n) is 7.66. The topological polar surface area (TPSA) is 0 Å². The lowest BCUT2D eigenvalue weighted by Crippen LogP contribution is -3.00. The third-order valence-electron chi connectivity index (χ3n) is 4.05. The van der Waals surface area contributed by atoms with Crippen LogP contribution in [0.25, 0.3) is 0 Å². The van der Waals surface area contributed by atoms with E-state index in [9.17, 15) is 0 Å². The van der Waals surface area contributed by atoms with Gasteiger partial charge >= 0.3 is 0 Å². The zero-order valence-electron chi connectivity index (χ0n) is 16.6. The van der Waals surface area contributed by atoms with Crippen molar-refractivity contribution in [2.75, 3.05) is 27.7 Å². The first kappa shape index (κ1) is 26.1. The number of rotatable bonds is 16. The van der Waals surface area contributed by atoms with Gasteiger partial charge in [-0.15, -0.1) is 6.58 Å². The van der Waals surface area contributed by atoms with Crippen molar-refractivity contribution in [2.24, 2.45) is 0 Å². The predicted molar refractivity (Wildman–Crippen MR) is 107 cm³/mol. The molecule has 0 aliphatic heterocycles. The molecule has 24 heavy (non-hydrogen) atoms. The minimum Gasteiger partial charge on any atom is -1.00 e. The Morgan fingerprint density at radius 1 is 0.583 bits per heavy atom. The van der Waals surface area contributed by atoms with Gasteiger partial charge in [0.05, 0.1) is 27.7 Å². The molecule has 0 aromatic heterocycles. The fourth-order valence-electron chi connectivity index (χ4n) is 2.57. The zero-order valence-corrected chi connectivity index (χ0v) is 18.8. The Hall–Kier alpha value is -0.0900. The number of halogens is 1. The molecule has 0 aromatic rings. The molecule has 0 aromatic carbocycles. The summed E-state index contributed by atoms with van der Waals surface area (Å²) in [4.78, 5) is 0. The third-order valence-corrected chi connectivity index (χ3v) is 4.05. The molecular weight excluding hydrogens is 405 g/mol. The smallest absolute Gasteiger partial charge is 0.0780 e. The van der Waals surface area contributed by atoms with Crippen LogP contribution in [0.15, 0.2) is 37.0 Å². The molecule has 0 N–H and O–H groups in total. The highest BCUT2D eigenvalue weighted by atomic mass is 127. The van der Waals surface area contributed by atoms with E-state index < -0.39 is 0 Å². The fourth-order valence-corrected chi connectivity index (χ4v) is 2.57. The molecule has 0 spiro atoms. The number of quaternary nitrogens is 1. The molecule has 0 amide bonds. The van der Waals surface area contributed by atoms with Crippen molar-refractivity contribution >= 4 is 0 Å². The molecule has 0 atom stereocenters. The molecule has 0 saturated carbocycles. The van der Waals surface area contributed by atoms with Crippen molar-refractivity contribution in [3.05, 3.63) is 37.0 Å². The van der Waals surface area contributed by atoms with E-state index >= 15 is 0 Å². The van der Waals surface area contributed by atoms with Crippen LogP contribution in [0.2, 0.25) is 0 Å². The highest BCUT2D eigenvalue weighted by molar-refractivity contribution is 4.84. The fraction of sp³-hybridized carbons (Fsp3) is 0.727. The lowest BCUT2D eigenvalue weighted by molar-refractivity contribution is -0.870. The molecular formula is C22H42IN. The van der Waals surface area contributed by atoms with Crippen LogP contribution in [0.1, 0.15) is 77.0 Å². The molecule has 0 aliphatic rings. The lowest BCUT2D eigenvalue weighted by Gasteiger charge is -2.23. The summed E-state index contributed by atoms with van der Waals surface area (Å²) in [6, 6.07) is 0. The summed E-state index contributed by atoms with van der Waals surface area (Å²) in [5.41, 5.74) is 0. The normalized spacial score (nSPS) is 12.0. The third kappa shape index (κ3) is 24.2. The van der Waals surface area contributed by atoms with Crippen LogP contribution in [0, 0.1) is 0 Å². The van der Waals surface area contributed by atoms with Crippen LogP contribution < -0.4 is 24.0 Å². The van der Waals surface area contributed by atoms with E-state index in [-0.39, 0.29) is 24.0 Å². The highest BCUT2D eigenvalue weighted by Gasteiger charge is 2.04. The minimum absolute atomic E-state index is 0. The molecule has 0 unspecified atom stereocenters. The Kier molecular flexibility index (Phi) is 21.0. The monoisotopic (exact) mass is 447 g/mol. The van der Waals surface area contributed by atoms with Crippen molar-refractivity contribution < 1.29 is 28.5 Å². The number of allylic oxidation sites excluding steroid dienone is 5. The molecule has 2 heteroatoms. The summed E-state index contributed by atoms with van der Waals surface area (Å²) in [6.45, 7) is 5.05. The SMILES string of the molecule is C=CCCCC/C=C/CCCC/C=C/CCCCC[N+](C)(C)C.[I-]. The first-order valence-electron chi connectivity index (χ1n) is 9.77. The van der Waals surface area contributed by atoms with Gasteiger partial charge in [0.25, 0.3) is 0 Å². The standard InChI is InChI=1S/C22H42N.HI/c1-5-6-7-8-9-10-11-12-13-14-15-16-17-18-19-20-21-22-23(2,3)4;/h5,10-11,16-17H,1,6-9,12-15,18-22H2,2-4H3;1H/q+1;/p-1/b11-10+,17-16+;. The quantitative estimate of drug-likeness (QED) is 0.147. The van der Waals surface area contributed by atoms with Crippen LogP contribution >= 0.6 is 0 Å². The Balaban J connectivity index is 0. The van der Waals surface area contributed by atoms with E-state index in [1.54, 1.807) is 0 Å². The maximum absolute atomic E-state index is 3.75. The average molecular weight is 447 g/mol. The molecule has 0 aliphatic carbocycles. The summed E-state index contributed by atoms with van der Waals surface area (Å²) in [5, 5.41) is 0. The number of hydrogen-bond acceptors (Lipinski definition) is 0. The van der Waals surface area contributed by atoms with Gasteiger partial charge in [-0.2, -0.15) is 0 Å². The molecule has 142 valence electrons. The zero-order chi connectivity index (χ0) is 17.2. The molecule has 0 heterocycles. The number of nitrogens with zero attached hydrogens (tertiary/aromatic N) is 1. The highest BCUT2D eigenvalue weighted by Crippen LogP contribution is 2.07. The van der Waals surface area contributed by atoms with Gasteiger partial charge in [0.1, 0.15) is 0 Å². The molecule has 0 bridgehead atoms. The minimum atomic E-state index is 0. The first-order valence-corrected chi connectivity index (χ1v) is 9.77.